The maximum atomic E-state index is 10.1. The highest BCUT2D eigenvalue weighted by molar-refractivity contribution is 4.97. The van der Waals surface area contributed by atoms with Crippen LogP contribution < -0.4 is 0 Å². The molecule has 0 saturated carbocycles. The molecule has 0 aromatic carbocycles. The Morgan fingerprint density at radius 3 is 2.48 bits per heavy atom. The predicted molar refractivity (Wildman–Crippen MR) is 87.1 cm³/mol. The van der Waals surface area contributed by atoms with Crippen LogP contribution in [0.15, 0.2) is 12.2 Å². The van der Waals surface area contributed by atoms with Crippen molar-refractivity contribution in [1.29, 1.82) is 0 Å². The van der Waals surface area contributed by atoms with Crippen LogP contribution in [0.5, 0.6) is 0 Å². The Kier molecular flexibility index (Phi) is 6.45. The van der Waals surface area contributed by atoms with Crippen molar-refractivity contribution in [1.82, 2.24) is 0 Å². The molecule has 1 heterocycles. The standard InChI is InChI=1S/C18H34O3/c1-8-11-17(4,5)12-18(6,7)14(3)21-16-15(19)10-9-13(2)20-16/h8,11,13-16,19H,9-10,12H2,1-7H3/b11-8+/t13?,14-,15?,16?/m1/s1. The summed E-state index contributed by atoms with van der Waals surface area (Å²) in [5.41, 5.74) is 0.141. The first-order valence-corrected chi connectivity index (χ1v) is 8.20. The number of aliphatic hydroxyl groups is 1. The Balaban J connectivity index is 2.65. The highest BCUT2D eigenvalue weighted by Gasteiger charge is 2.37. The Morgan fingerprint density at radius 1 is 1.29 bits per heavy atom. The fourth-order valence-electron chi connectivity index (χ4n) is 3.27. The van der Waals surface area contributed by atoms with Crippen molar-refractivity contribution in [3.05, 3.63) is 12.2 Å². The number of rotatable bonds is 6. The molecule has 0 spiro atoms. The van der Waals surface area contributed by atoms with Gasteiger partial charge in [0.2, 0.25) is 0 Å². The van der Waals surface area contributed by atoms with E-state index in [-0.39, 0.29) is 23.0 Å². The van der Waals surface area contributed by atoms with Gasteiger partial charge in [-0.3, -0.25) is 0 Å². The summed E-state index contributed by atoms with van der Waals surface area (Å²) in [7, 11) is 0. The minimum Gasteiger partial charge on any atom is -0.388 e. The normalized spacial score (nSPS) is 29.8. The molecule has 3 heteroatoms. The molecule has 0 radical (unpaired) electrons. The molecule has 21 heavy (non-hydrogen) atoms. The summed E-state index contributed by atoms with van der Waals surface area (Å²) in [5, 5.41) is 10.1. The first-order chi connectivity index (χ1) is 9.57. The van der Waals surface area contributed by atoms with Gasteiger partial charge in [-0.1, -0.05) is 39.8 Å². The van der Waals surface area contributed by atoms with Crippen LogP contribution in [0.4, 0.5) is 0 Å². The minimum atomic E-state index is -0.511. The zero-order chi connectivity index (χ0) is 16.3. The van der Waals surface area contributed by atoms with Gasteiger partial charge in [0.15, 0.2) is 6.29 Å². The van der Waals surface area contributed by atoms with Gasteiger partial charge in [-0.05, 0) is 50.9 Å². The van der Waals surface area contributed by atoms with E-state index in [1.165, 1.54) is 0 Å². The number of allylic oxidation sites excluding steroid dienone is 2. The highest BCUT2D eigenvalue weighted by atomic mass is 16.7. The second kappa shape index (κ2) is 7.26. The third-order valence-corrected chi connectivity index (χ3v) is 4.52. The molecule has 0 aromatic heterocycles. The third kappa shape index (κ3) is 5.72. The second-order valence-electron chi connectivity index (χ2n) is 7.89. The van der Waals surface area contributed by atoms with Gasteiger partial charge in [-0.25, -0.2) is 0 Å². The van der Waals surface area contributed by atoms with Crippen molar-refractivity contribution >= 4 is 0 Å². The molecule has 4 atom stereocenters. The van der Waals surface area contributed by atoms with E-state index >= 15 is 0 Å². The molecule has 1 N–H and O–H groups in total. The fraction of sp³-hybridized carbons (Fsp3) is 0.889. The maximum Gasteiger partial charge on any atom is 0.184 e. The molecule has 1 aliphatic heterocycles. The average molecular weight is 298 g/mol. The van der Waals surface area contributed by atoms with E-state index in [0.29, 0.717) is 0 Å². The topological polar surface area (TPSA) is 38.7 Å². The van der Waals surface area contributed by atoms with E-state index in [9.17, 15) is 5.11 Å². The summed E-state index contributed by atoms with van der Waals surface area (Å²) in [4.78, 5) is 0. The molecule has 1 saturated heterocycles. The van der Waals surface area contributed by atoms with Gasteiger partial charge < -0.3 is 14.6 Å². The van der Waals surface area contributed by atoms with Crippen LogP contribution in [-0.4, -0.2) is 29.7 Å². The fourth-order valence-corrected chi connectivity index (χ4v) is 3.27. The molecule has 3 nitrogen and oxygen atoms in total. The molecule has 0 aromatic rings. The summed E-state index contributed by atoms with van der Waals surface area (Å²) >= 11 is 0. The number of ether oxygens (including phenoxy) is 2. The summed E-state index contributed by atoms with van der Waals surface area (Å²) in [6.45, 7) is 15.1. The van der Waals surface area contributed by atoms with Gasteiger partial charge in [0.05, 0.1) is 12.2 Å². The smallest absolute Gasteiger partial charge is 0.184 e. The van der Waals surface area contributed by atoms with E-state index in [1.54, 1.807) is 0 Å². The largest absolute Gasteiger partial charge is 0.388 e. The molecular formula is C18H34O3. The van der Waals surface area contributed by atoms with Gasteiger partial charge in [0.25, 0.3) is 0 Å². The van der Waals surface area contributed by atoms with Gasteiger partial charge in [0.1, 0.15) is 6.10 Å². The van der Waals surface area contributed by atoms with E-state index in [4.69, 9.17) is 9.47 Å². The lowest BCUT2D eigenvalue weighted by Crippen LogP contribution is -2.45. The van der Waals surface area contributed by atoms with Crippen LogP contribution >= 0.6 is 0 Å². The summed E-state index contributed by atoms with van der Waals surface area (Å²) in [5.74, 6) is 0. The van der Waals surface area contributed by atoms with Crippen molar-refractivity contribution in [2.24, 2.45) is 10.8 Å². The zero-order valence-corrected chi connectivity index (χ0v) is 14.8. The Bertz CT molecular complexity index is 346. The van der Waals surface area contributed by atoms with E-state index < -0.39 is 12.4 Å². The monoisotopic (exact) mass is 298 g/mol. The lowest BCUT2D eigenvalue weighted by molar-refractivity contribution is -0.264. The predicted octanol–water partition coefficient (Wildman–Crippen LogP) is 4.30. The number of hydrogen-bond acceptors (Lipinski definition) is 3. The van der Waals surface area contributed by atoms with Crippen LogP contribution in [0.2, 0.25) is 0 Å². The van der Waals surface area contributed by atoms with Crippen molar-refractivity contribution in [3.63, 3.8) is 0 Å². The molecule has 1 fully saturated rings. The van der Waals surface area contributed by atoms with Crippen molar-refractivity contribution < 1.29 is 14.6 Å². The van der Waals surface area contributed by atoms with Crippen LogP contribution in [0.3, 0.4) is 0 Å². The summed E-state index contributed by atoms with van der Waals surface area (Å²) < 4.78 is 11.8. The Hall–Kier alpha value is -0.380. The molecule has 3 unspecified atom stereocenters. The van der Waals surface area contributed by atoms with Gasteiger partial charge in [-0.15, -0.1) is 0 Å². The highest BCUT2D eigenvalue weighted by Crippen LogP contribution is 2.39. The third-order valence-electron chi connectivity index (χ3n) is 4.52. The van der Waals surface area contributed by atoms with Crippen molar-refractivity contribution in [2.75, 3.05) is 0 Å². The Labute approximate surface area is 130 Å². The average Bonchev–Trinajstić information content (AvgIpc) is 2.32. The summed E-state index contributed by atoms with van der Waals surface area (Å²) in [6.07, 6.45) is 6.20. The van der Waals surface area contributed by atoms with Crippen LogP contribution in [0, 0.1) is 10.8 Å². The molecular weight excluding hydrogens is 264 g/mol. The van der Waals surface area contributed by atoms with Gasteiger partial charge in [-0.2, -0.15) is 0 Å². The molecule has 0 aliphatic carbocycles. The quantitative estimate of drug-likeness (QED) is 0.743. The lowest BCUT2D eigenvalue weighted by atomic mass is 9.72. The van der Waals surface area contributed by atoms with Gasteiger partial charge >= 0.3 is 0 Å². The van der Waals surface area contributed by atoms with E-state index in [2.05, 4.69) is 53.7 Å². The summed E-state index contributed by atoms with van der Waals surface area (Å²) in [6, 6.07) is 0. The SMILES string of the molecule is C/C=C/C(C)(C)CC(C)(C)[C@@H](C)OC1OC(C)CCC1O. The van der Waals surface area contributed by atoms with E-state index in [1.807, 2.05) is 6.92 Å². The maximum absolute atomic E-state index is 10.1. The molecule has 1 aliphatic rings. The molecule has 1 rings (SSSR count). The van der Waals surface area contributed by atoms with Crippen molar-refractivity contribution in [2.45, 2.75) is 92.3 Å². The number of aliphatic hydroxyl groups excluding tert-OH is 1. The van der Waals surface area contributed by atoms with E-state index in [0.717, 1.165) is 19.3 Å². The molecule has 0 amide bonds. The van der Waals surface area contributed by atoms with Crippen LogP contribution in [-0.2, 0) is 9.47 Å². The Morgan fingerprint density at radius 2 is 1.90 bits per heavy atom. The minimum absolute atomic E-state index is 0.00672. The first kappa shape index (κ1) is 18.7. The lowest BCUT2D eigenvalue weighted by Gasteiger charge is -2.41. The van der Waals surface area contributed by atoms with Gasteiger partial charge in [0, 0.05) is 0 Å². The van der Waals surface area contributed by atoms with Crippen molar-refractivity contribution in [3.8, 4) is 0 Å². The second-order valence-corrected chi connectivity index (χ2v) is 7.89. The molecule has 124 valence electrons. The molecule has 0 bridgehead atoms. The first-order valence-electron chi connectivity index (χ1n) is 8.20. The van der Waals surface area contributed by atoms with Crippen LogP contribution in [0.1, 0.15) is 67.7 Å². The number of hydrogen-bond donors (Lipinski definition) is 1. The van der Waals surface area contributed by atoms with Crippen LogP contribution in [0.25, 0.3) is 0 Å². The zero-order valence-electron chi connectivity index (χ0n) is 14.8.